The molecule has 0 spiro atoms. The highest BCUT2D eigenvalue weighted by Gasteiger charge is 2.31. The van der Waals surface area contributed by atoms with Gasteiger partial charge in [-0.05, 0) is 57.0 Å². The van der Waals surface area contributed by atoms with E-state index in [1.165, 1.54) is 51.6 Å². The Morgan fingerprint density at radius 1 is 1.20 bits per heavy atom. The van der Waals surface area contributed by atoms with Crippen LogP contribution in [0.2, 0.25) is 0 Å². The number of nitrogens with zero attached hydrogens (tertiary/aromatic N) is 1. The predicted octanol–water partition coefficient (Wildman–Crippen LogP) is 6.92. The Balaban J connectivity index is 2.07. The Kier molecular flexibility index (Phi) is 7.14. The quantitative estimate of drug-likeness (QED) is 0.432. The standard InChI is InChI=1S/C24H41N/c1-7-10-11-22(25-16-14-23(4,5)15-17-25)19-20-12-13-24(6,9-3)21(8-2)18-20/h9,12,18,22H,3,7-8,10-11,13-17,19H2,1-2,4-6H3. The minimum atomic E-state index is 0.173. The van der Waals surface area contributed by atoms with Crippen molar-refractivity contribution in [2.24, 2.45) is 10.8 Å². The topological polar surface area (TPSA) is 3.24 Å². The van der Waals surface area contributed by atoms with Gasteiger partial charge in [-0.2, -0.15) is 0 Å². The van der Waals surface area contributed by atoms with Crippen LogP contribution in [0.15, 0.2) is 36.0 Å². The van der Waals surface area contributed by atoms with Gasteiger partial charge >= 0.3 is 0 Å². The van der Waals surface area contributed by atoms with Gasteiger partial charge < -0.3 is 4.90 Å². The van der Waals surface area contributed by atoms with E-state index in [-0.39, 0.29) is 5.41 Å². The number of piperidine rings is 1. The summed E-state index contributed by atoms with van der Waals surface area (Å²) >= 11 is 0. The number of hydrogen-bond acceptors (Lipinski definition) is 1. The first-order chi connectivity index (χ1) is 11.8. The van der Waals surface area contributed by atoms with Gasteiger partial charge in [0.2, 0.25) is 0 Å². The minimum absolute atomic E-state index is 0.173. The molecule has 2 atom stereocenters. The largest absolute Gasteiger partial charge is 0.300 e. The van der Waals surface area contributed by atoms with Gasteiger partial charge in [-0.1, -0.05) is 76.8 Å². The van der Waals surface area contributed by atoms with Crippen LogP contribution in [-0.2, 0) is 0 Å². The first kappa shape index (κ1) is 20.5. The lowest BCUT2D eigenvalue weighted by molar-refractivity contribution is 0.0886. The molecule has 25 heavy (non-hydrogen) atoms. The predicted molar refractivity (Wildman–Crippen MR) is 112 cm³/mol. The van der Waals surface area contributed by atoms with Crippen molar-refractivity contribution in [3.63, 3.8) is 0 Å². The highest BCUT2D eigenvalue weighted by Crippen LogP contribution is 2.40. The molecule has 0 amide bonds. The van der Waals surface area contributed by atoms with E-state index >= 15 is 0 Å². The molecule has 0 bridgehead atoms. The van der Waals surface area contributed by atoms with Crippen LogP contribution in [0.5, 0.6) is 0 Å². The normalized spacial score (nSPS) is 28.2. The molecular formula is C24H41N. The van der Waals surface area contributed by atoms with Crippen LogP contribution in [0.4, 0.5) is 0 Å². The van der Waals surface area contributed by atoms with Crippen LogP contribution in [0, 0.1) is 10.8 Å². The van der Waals surface area contributed by atoms with Gasteiger partial charge in [0.15, 0.2) is 0 Å². The summed E-state index contributed by atoms with van der Waals surface area (Å²) in [6, 6.07) is 0.727. The molecule has 142 valence electrons. The second-order valence-corrected chi connectivity index (χ2v) is 9.33. The molecule has 0 radical (unpaired) electrons. The fourth-order valence-electron chi connectivity index (χ4n) is 4.40. The van der Waals surface area contributed by atoms with E-state index in [0.29, 0.717) is 5.41 Å². The summed E-state index contributed by atoms with van der Waals surface area (Å²) < 4.78 is 0. The Labute approximate surface area is 157 Å². The third-order valence-electron chi connectivity index (χ3n) is 6.74. The number of allylic oxidation sites excluding steroid dienone is 4. The van der Waals surface area contributed by atoms with Crippen LogP contribution in [-0.4, -0.2) is 24.0 Å². The zero-order chi connectivity index (χ0) is 18.5. The van der Waals surface area contributed by atoms with Crippen LogP contribution in [0.3, 0.4) is 0 Å². The third-order valence-corrected chi connectivity index (χ3v) is 6.74. The van der Waals surface area contributed by atoms with Crippen molar-refractivity contribution in [3.05, 3.63) is 36.0 Å². The lowest BCUT2D eigenvalue weighted by Gasteiger charge is -2.42. The first-order valence-electron chi connectivity index (χ1n) is 10.6. The lowest BCUT2D eigenvalue weighted by atomic mass is 9.73. The summed E-state index contributed by atoms with van der Waals surface area (Å²) in [6.07, 6.45) is 17.3. The number of likely N-dealkylation sites (tertiary alicyclic amines) is 1. The van der Waals surface area contributed by atoms with E-state index in [2.05, 4.69) is 64.3 Å². The maximum atomic E-state index is 4.09. The summed E-state index contributed by atoms with van der Waals surface area (Å²) in [6.45, 7) is 18.5. The SMILES string of the molecule is C=CC1(C)CC=C(CC(CCCC)N2CCC(C)(C)CC2)C=C1CC. The molecule has 1 saturated heterocycles. The molecule has 1 aliphatic carbocycles. The molecule has 1 nitrogen and oxygen atoms in total. The Bertz CT molecular complexity index is 500. The third kappa shape index (κ3) is 5.33. The summed E-state index contributed by atoms with van der Waals surface area (Å²) in [5.41, 5.74) is 3.85. The van der Waals surface area contributed by atoms with Gasteiger partial charge in [0, 0.05) is 11.5 Å². The first-order valence-corrected chi connectivity index (χ1v) is 10.6. The maximum absolute atomic E-state index is 4.09. The van der Waals surface area contributed by atoms with Crippen molar-refractivity contribution in [1.82, 2.24) is 4.90 Å². The Morgan fingerprint density at radius 3 is 2.44 bits per heavy atom. The van der Waals surface area contributed by atoms with Gasteiger partial charge in [0.1, 0.15) is 0 Å². The minimum Gasteiger partial charge on any atom is -0.300 e. The van der Waals surface area contributed by atoms with Crippen molar-refractivity contribution in [2.75, 3.05) is 13.1 Å². The smallest absolute Gasteiger partial charge is 0.0135 e. The summed E-state index contributed by atoms with van der Waals surface area (Å²) in [7, 11) is 0. The maximum Gasteiger partial charge on any atom is 0.0135 e. The Hall–Kier alpha value is -0.820. The van der Waals surface area contributed by atoms with Crippen LogP contribution in [0.1, 0.15) is 86.0 Å². The van der Waals surface area contributed by atoms with Crippen LogP contribution >= 0.6 is 0 Å². The molecule has 1 heteroatoms. The molecule has 1 fully saturated rings. The molecule has 0 aromatic carbocycles. The lowest BCUT2D eigenvalue weighted by Crippen LogP contribution is -2.44. The summed E-state index contributed by atoms with van der Waals surface area (Å²) in [4.78, 5) is 2.79. The van der Waals surface area contributed by atoms with E-state index in [0.717, 1.165) is 18.9 Å². The van der Waals surface area contributed by atoms with Crippen molar-refractivity contribution < 1.29 is 0 Å². The number of hydrogen-bond donors (Lipinski definition) is 0. The molecular weight excluding hydrogens is 302 g/mol. The van der Waals surface area contributed by atoms with Crippen LogP contribution in [0.25, 0.3) is 0 Å². The molecule has 0 saturated carbocycles. The Morgan fingerprint density at radius 2 is 1.88 bits per heavy atom. The molecule has 0 aromatic rings. The molecule has 1 heterocycles. The average Bonchev–Trinajstić information content (AvgIpc) is 2.60. The summed E-state index contributed by atoms with van der Waals surface area (Å²) in [5.74, 6) is 0. The average molecular weight is 344 g/mol. The van der Waals surface area contributed by atoms with Crippen molar-refractivity contribution in [3.8, 4) is 0 Å². The molecule has 2 unspecified atom stereocenters. The van der Waals surface area contributed by atoms with Gasteiger partial charge in [-0.3, -0.25) is 0 Å². The second kappa shape index (κ2) is 8.71. The molecule has 0 N–H and O–H groups in total. The fourth-order valence-corrected chi connectivity index (χ4v) is 4.40. The van der Waals surface area contributed by atoms with E-state index in [9.17, 15) is 0 Å². The molecule has 2 aliphatic rings. The zero-order valence-electron chi connectivity index (χ0n) is 17.5. The number of unbranched alkanes of at least 4 members (excludes halogenated alkanes) is 1. The van der Waals surface area contributed by atoms with E-state index in [1.54, 1.807) is 11.1 Å². The van der Waals surface area contributed by atoms with Gasteiger partial charge in [-0.15, -0.1) is 6.58 Å². The van der Waals surface area contributed by atoms with E-state index in [4.69, 9.17) is 0 Å². The monoisotopic (exact) mass is 343 g/mol. The van der Waals surface area contributed by atoms with Crippen molar-refractivity contribution >= 4 is 0 Å². The highest BCUT2D eigenvalue weighted by atomic mass is 15.2. The van der Waals surface area contributed by atoms with Gasteiger partial charge in [0.25, 0.3) is 0 Å². The second-order valence-electron chi connectivity index (χ2n) is 9.33. The molecule has 1 aliphatic heterocycles. The number of rotatable bonds is 8. The van der Waals surface area contributed by atoms with Crippen LogP contribution < -0.4 is 0 Å². The van der Waals surface area contributed by atoms with Crippen molar-refractivity contribution in [2.45, 2.75) is 92.0 Å². The van der Waals surface area contributed by atoms with Crippen molar-refractivity contribution in [1.29, 1.82) is 0 Å². The van der Waals surface area contributed by atoms with Gasteiger partial charge in [-0.25, -0.2) is 0 Å². The highest BCUT2D eigenvalue weighted by molar-refractivity contribution is 5.36. The zero-order valence-corrected chi connectivity index (χ0v) is 17.5. The van der Waals surface area contributed by atoms with E-state index < -0.39 is 0 Å². The molecule has 2 rings (SSSR count). The molecule has 0 aromatic heterocycles. The summed E-state index contributed by atoms with van der Waals surface area (Å²) in [5, 5.41) is 0. The van der Waals surface area contributed by atoms with Gasteiger partial charge in [0.05, 0.1) is 0 Å². The fraction of sp³-hybridized carbons (Fsp3) is 0.750. The van der Waals surface area contributed by atoms with E-state index in [1.807, 2.05) is 0 Å².